The molecule has 0 aliphatic heterocycles. The third-order valence-electron chi connectivity index (χ3n) is 3.96. The van der Waals surface area contributed by atoms with E-state index in [2.05, 4.69) is 10.3 Å². The van der Waals surface area contributed by atoms with Crippen LogP contribution in [-0.4, -0.2) is 25.0 Å². The minimum absolute atomic E-state index is 0.142. The maximum Gasteiger partial charge on any atom is 0.230 e. The molecule has 0 fully saturated rings. The van der Waals surface area contributed by atoms with Gasteiger partial charge in [0.2, 0.25) is 11.8 Å². The molecule has 2 aromatic carbocycles. The molecule has 1 N–H and O–H groups in total. The molecule has 0 aliphatic rings. The van der Waals surface area contributed by atoms with E-state index in [4.69, 9.17) is 16.0 Å². The summed E-state index contributed by atoms with van der Waals surface area (Å²) in [6.45, 7) is 1.80. The fourth-order valence-corrected chi connectivity index (χ4v) is 2.73. The Kier molecular flexibility index (Phi) is 5.28. The van der Waals surface area contributed by atoms with Crippen LogP contribution in [0.15, 0.2) is 52.9 Å². The Hall–Kier alpha value is -2.79. The zero-order valence-corrected chi connectivity index (χ0v) is 15.7. The molecule has 0 saturated carbocycles. The fraction of sp³-hybridized carbons (Fsp3) is 0.200. The number of aryl methyl sites for hydroxylation is 1. The number of carbonyl (C=O) groups excluding carboxylic acids is 1. The summed E-state index contributed by atoms with van der Waals surface area (Å²) < 4.78 is 5.69. The molecule has 3 rings (SSSR count). The zero-order valence-electron chi connectivity index (χ0n) is 14.9. The average Bonchev–Trinajstić information content (AvgIpc) is 2.96. The van der Waals surface area contributed by atoms with Gasteiger partial charge in [0.25, 0.3) is 0 Å². The van der Waals surface area contributed by atoms with Gasteiger partial charge < -0.3 is 14.6 Å². The Labute approximate surface area is 157 Å². The molecule has 0 unspecified atom stereocenters. The lowest BCUT2D eigenvalue weighted by Gasteiger charge is -2.12. The molecule has 0 aliphatic carbocycles. The number of hydrogen-bond donors (Lipinski definition) is 1. The Morgan fingerprint density at radius 3 is 2.58 bits per heavy atom. The maximum absolute atomic E-state index is 12.3. The minimum atomic E-state index is -0.142. The molecule has 0 atom stereocenters. The van der Waals surface area contributed by atoms with Crippen molar-refractivity contribution in [2.75, 3.05) is 24.3 Å². The Balaban J connectivity index is 1.69. The van der Waals surface area contributed by atoms with E-state index < -0.39 is 0 Å². The summed E-state index contributed by atoms with van der Waals surface area (Å²) in [5.74, 6) is 0.942. The number of rotatable bonds is 5. The summed E-state index contributed by atoms with van der Waals surface area (Å²) >= 11 is 6.01. The molecule has 26 heavy (non-hydrogen) atoms. The number of amides is 1. The van der Waals surface area contributed by atoms with Gasteiger partial charge in [0.05, 0.1) is 12.1 Å². The number of carbonyl (C=O) groups is 1. The number of oxazole rings is 1. The molecule has 0 saturated heterocycles. The number of halogens is 1. The summed E-state index contributed by atoms with van der Waals surface area (Å²) in [5.41, 5.74) is 3.22. The largest absolute Gasteiger partial charge is 0.441 e. The second-order valence-corrected chi connectivity index (χ2v) is 6.63. The molecule has 1 amide bonds. The van der Waals surface area contributed by atoms with Crippen molar-refractivity contribution in [1.29, 1.82) is 0 Å². The molecule has 0 radical (unpaired) electrons. The first-order chi connectivity index (χ1) is 12.4. The van der Waals surface area contributed by atoms with Gasteiger partial charge in [-0.25, -0.2) is 4.98 Å². The highest BCUT2D eigenvalue weighted by molar-refractivity contribution is 6.30. The monoisotopic (exact) mass is 369 g/mol. The summed E-state index contributed by atoms with van der Waals surface area (Å²) in [6, 6.07) is 14.9. The highest BCUT2D eigenvalue weighted by Gasteiger charge is 2.15. The summed E-state index contributed by atoms with van der Waals surface area (Å²) in [6.07, 6.45) is 0.144. The van der Waals surface area contributed by atoms with E-state index in [0.717, 1.165) is 16.9 Å². The van der Waals surface area contributed by atoms with E-state index >= 15 is 0 Å². The number of nitrogens with zero attached hydrogens (tertiary/aromatic N) is 2. The van der Waals surface area contributed by atoms with Crippen LogP contribution < -0.4 is 10.2 Å². The number of aromatic nitrogens is 1. The van der Waals surface area contributed by atoms with Crippen LogP contribution in [0.2, 0.25) is 5.02 Å². The molecule has 5 nitrogen and oxygen atoms in total. The third-order valence-corrected chi connectivity index (χ3v) is 4.19. The molecular weight excluding hydrogens is 350 g/mol. The normalized spacial score (nSPS) is 10.6. The van der Waals surface area contributed by atoms with E-state index in [1.807, 2.05) is 55.4 Å². The van der Waals surface area contributed by atoms with Gasteiger partial charge in [0, 0.05) is 36.1 Å². The highest BCUT2D eigenvalue weighted by Crippen LogP contribution is 2.24. The second-order valence-electron chi connectivity index (χ2n) is 6.20. The Morgan fingerprint density at radius 1 is 1.19 bits per heavy atom. The molecule has 0 spiro atoms. The molecule has 1 heterocycles. The van der Waals surface area contributed by atoms with Crippen molar-refractivity contribution >= 4 is 28.9 Å². The lowest BCUT2D eigenvalue weighted by molar-refractivity contribution is -0.115. The van der Waals surface area contributed by atoms with Crippen LogP contribution in [-0.2, 0) is 11.2 Å². The molecule has 3 aromatic rings. The van der Waals surface area contributed by atoms with Gasteiger partial charge in [-0.05, 0) is 49.4 Å². The van der Waals surface area contributed by atoms with Crippen LogP contribution in [0.4, 0.5) is 11.4 Å². The first-order valence-electron chi connectivity index (χ1n) is 8.22. The standard InChI is InChI=1S/C20H20ClN3O2/c1-13-18(23-20(26-13)14-5-4-6-15(21)11-14)12-19(25)22-16-7-9-17(10-8-16)24(2)3/h4-11H,12H2,1-3H3,(H,22,25). The second kappa shape index (κ2) is 7.62. The number of benzene rings is 2. The maximum atomic E-state index is 12.3. The molecule has 134 valence electrons. The molecular formula is C20H20ClN3O2. The minimum Gasteiger partial charge on any atom is -0.441 e. The third kappa shape index (κ3) is 4.24. The topological polar surface area (TPSA) is 58.4 Å². The SMILES string of the molecule is Cc1oc(-c2cccc(Cl)c2)nc1CC(=O)Nc1ccc(N(C)C)cc1. The highest BCUT2D eigenvalue weighted by atomic mass is 35.5. The number of nitrogens with one attached hydrogen (secondary N) is 1. The van der Waals surface area contributed by atoms with Crippen LogP contribution >= 0.6 is 11.6 Å². The van der Waals surface area contributed by atoms with Crippen molar-refractivity contribution in [3.63, 3.8) is 0 Å². The van der Waals surface area contributed by atoms with Gasteiger partial charge in [-0.3, -0.25) is 4.79 Å². The van der Waals surface area contributed by atoms with E-state index in [1.165, 1.54) is 0 Å². The van der Waals surface area contributed by atoms with E-state index in [-0.39, 0.29) is 12.3 Å². The van der Waals surface area contributed by atoms with Crippen molar-refractivity contribution in [3.05, 3.63) is 65.0 Å². The van der Waals surface area contributed by atoms with Crippen molar-refractivity contribution in [2.24, 2.45) is 0 Å². The van der Waals surface area contributed by atoms with Gasteiger partial charge in [-0.15, -0.1) is 0 Å². The Bertz CT molecular complexity index is 917. The zero-order chi connectivity index (χ0) is 18.7. The number of hydrogen-bond acceptors (Lipinski definition) is 4. The first-order valence-corrected chi connectivity index (χ1v) is 8.59. The van der Waals surface area contributed by atoms with Crippen molar-refractivity contribution in [2.45, 2.75) is 13.3 Å². The van der Waals surface area contributed by atoms with Crippen LogP contribution in [0.3, 0.4) is 0 Å². The van der Waals surface area contributed by atoms with E-state index in [0.29, 0.717) is 22.4 Å². The lowest BCUT2D eigenvalue weighted by atomic mass is 10.2. The smallest absolute Gasteiger partial charge is 0.230 e. The molecule has 6 heteroatoms. The van der Waals surface area contributed by atoms with Crippen LogP contribution in [0, 0.1) is 6.92 Å². The van der Waals surface area contributed by atoms with Crippen molar-refractivity contribution in [3.8, 4) is 11.5 Å². The van der Waals surface area contributed by atoms with Gasteiger partial charge in [0.1, 0.15) is 5.76 Å². The van der Waals surface area contributed by atoms with Crippen molar-refractivity contribution in [1.82, 2.24) is 4.98 Å². The van der Waals surface area contributed by atoms with Crippen LogP contribution in [0.5, 0.6) is 0 Å². The lowest BCUT2D eigenvalue weighted by Crippen LogP contribution is -2.15. The van der Waals surface area contributed by atoms with E-state index in [9.17, 15) is 4.79 Å². The van der Waals surface area contributed by atoms with Gasteiger partial charge in [-0.1, -0.05) is 17.7 Å². The van der Waals surface area contributed by atoms with Crippen LogP contribution in [0.25, 0.3) is 11.5 Å². The van der Waals surface area contributed by atoms with Gasteiger partial charge in [-0.2, -0.15) is 0 Å². The fourth-order valence-electron chi connectivity index (χ4n) is 2.54. The average molecular weight is 370 g/mol. The van der Waals surface area contributed by atoms with Crippen molar-refractivity contribution < 1.29 is 9.21 Å². The van der Waals surface area contributed by atoms with Gasteiger partial charge in [0.15, 0.2) is 0 Å². The predicted molar refractivity (Wildman–Crippen MR) is 105 cm³/mol. The first kappa shape index (κ1) is 18.0. The number of anilines is 2. The van der Waals surface area contributed by atoms with Crippen LogP contribution in [0.1, 0.15) is 11.5 Å². The summed E-state index contributed by atoms with van der Waals surface area (Å²) in [4.78, 5) is 18.8. The predicted octanol–water partition coefficient (Wildman–Crippen LogP) is 4.55. The summed E-state index contributed by atoms with van der Waals surface area (Å²) in [7, 11) is 3.94. The summed E-state index contributed by atoms with van der Waals surface area (Å²) in [5, 5.41) is 3.49. The molecule has 1 aromatic heterocycles. The van der Waals surface area contributed by atoms with E-state index in [1.54, 1.807) is 19.1 Å². The van der Waals surface area contributed by atoms with Gasteiger partial charge >= 0.3 is 0 Å². The Morgan fingerprint density at radius 2 is 1.92 bits per heavy atom. The molecule has 0 bridgehead atoms. The quantitative estimate of drug-likeness (QED) is 0.716.